The highest BCUT2D eigenvalue weighted by atomic mass is 32.1. The summed E-state index contributed by atoms with van der Waals surface area (Å²) in [5, 5.41) is 4.08. The number of hydrogen-bond acceptors (Lipinski definition) is 6. The summed E-state index contributed by atoms with van der Waals surface area (Å²) in [6.45, 7) is 12.0. The summed E-state index contributed by atoms with van der Waals surface area (Å²) in [5.41, 5.74) is 1.91. The van der Waals surface area contributed by atoms with Crippen LogP contribution in [0.15, 0.2) is 0 Å². The van der Waals surface area contributed by atoms with Crippen molar-refractivity contribution >= 4 is 27.5 Å². The summed E-state index contributed by atoms with van der Waals surface area (Å²) in [6, 6.07) is 0.302. The van der Waals surface area contributed by atoms with E-state index in [1.165, 1.54) is 11.3 Å². The summed E-state index contributed by atoms with van der Waals surface area (Å²) in [5.74, 6) is 0.724. The van der Waals surface area contributed by atoms with Crippen LogP contribution in [-0.2, 0) is 4.74 Å². The lowest BCUT2D eigenvalue weighted by Crippen LogP contribution is -2.47. The second kappa shape index (κ2) is 7.13. The van der Waals surface area contributed by atoms with Crippen molar-refractivity contribution < 1.29 is 9.53 Å². The predicted octanol–water partition coefficient (Wildman–Crippen LogP) is 2.07. The van der Waals surface area contributed by atoms with Gasteiger partial charge in [-0.15, -0.1) is 11.3 Å². The molecule has 2 aromatic rings. The Balaban J connectivity index is 1.72. The molecule has 1 N–H and O–H groups in total. The van der Waals surface area contributed by atoms with Crippen LogP contribution in [0.5, 0.6) is 0 Å². The zero-order chi connectivity index (χ0) is 17.3. The normalized spacial score (nSPS) is 17.2. The fourth-order valence-corrected chi connectivity index (χ4v) is 4.35. The van der Waals surface area contributed by atoms with Crippen LogP contribution < -0.4 is 5.32 Å². The maximum absolute atomic E-state index is 12.6. The van der Waals surface area contributed by atoms with E-state index in [2.05, 4.69) is 27.1 Å². The van der Waals surface area contributed by atoms with Crippen molar-refractivity contribution in [2.24, 2.45) is 0 Å². The molecule has 1 saturated heterocycles. The molecule has 130 valence electrons. The van der Waals surface area contributed by atoms with E-state index in [9.17, 15) is 4.79 Å². The summed E-state index contributed by atoms with van der Waals surface area (Å²) >= 11 is 1.45. The van der Waals surface area contributed by atoms with E-state index >= 15 is 0 Å². The minimum absolute atomic E-state index is 0.0207. The number of morpholine rings is 1. The van der Waals surface area contributed by atoms with Gasteiger partial charge in [-0.05, 0) is 33.3 Å². The lowest BCUT2D eigenvalue weighted by Gasteiger charge is -2.32. The van der Waals surface area contributed by atoms with Gasteiger partial charge >= 0.3 is 0 Å². The number of aryl methyl sites for hydroxylation is 3. The molecule has 1 atom stereocenters. The quantitative estimate of drug-likeness (QED) is 0.916. The second-order valence-electron chi connectivity index (χ2n) is 6.30. The Hall–Kier alpha value is -1.57. The molecular formula is C17H24N4O2S. The first-order valence-corrected chi connectivity index (χ1v) is 9.13. The molecule has 1 amide bonds. The number of amides is 1. The molecular weight excluding hydrogens is 324 g/mol. The average Bonchev–Trinajstić information content (AvgIpc) is 2.90. The first kappa shape index (κ1) is 17.3. The highest BCUT2D eigenvalue weighted by molar-refractivity contribution is 7.20. The minimum Gasteiger partial charge on any atom is -0.379 e. The smallest absolute Gasteiger partial charge is 0.261 e. The predicted molar refractivity (Wildman–Crippen MR) is 95.8 cm³/mol. The molecule has 24 heavy (non-hydrogen) atoms. The number of nitrogens with one attached hydrogen (secondary N) is 1. The molecule has 0 unspecified atom stereocenters. The van der Waals surface area contributed by atoms with E-state index in [-0.39, 0.29) is 5.91 Å². The molecule has 1 fully saturated rings. The van der Waals surface area contributed by atoms with Gasteiger partial charge in [0.2, 0.25) is 0 Å². The molecule has 7 heteroatoms. The second-order valence-corrected chi connectivity index (χ2v) is 7.30. The fraction of sp³-hybridized carbons (Fsp3) is 0.588. The SMILES string of the molecule is Cc1nc(C)c2c(C)c(C(=O)NC[C@@H](C)N3CCOCC3)sc2n1. The molecule has 0 bridgehead atoms. The van der Waals surface area contributed by atoms with Gasteiger partial charge in [0.25, 0.3) is 5.91 Å². The Morgan fingerprint density at radius 1 is 1.29 bits per heavy atom. The van der Waals surface area contributed by atoms with Crippen molar-refractivity contribution in [2.75, 3.05) is 32.8 Å². The monoisotopic (exact) mass is 348 g/mol. The molecule has 3 rings (SSSR count). The molecule has 1 aliphatic rings. The first-order chi connectivity index (χ1) is 11.5. The number of carbonyl (C=O) groups excluding carboxylic acids is 1. The van der Waals surface area contributed by atoms with Gasteiger partial charge in [-0.25, -0.2) is 9.97 Å². The van der Waals surface area contributed by atoms with Crippen LogP contribution in [0, 0.1) is 20.8 Å². The molecule has 0 radical (unpaired) electrons. The van der Waals surface area contributed by atoms with E-state index in [0.29, 0.717) is 12.6 Å². The molecule has 0 aliphatic carbocycles. The van der Waals surface area contributed by atoms with E-state index < -0.39 is 0 Å². The van der Waals surface area contributed by atoms with Crippen molar-refractivity contribution in [2.45, 2.75) is 33.7 Å². The largest absolute Gasteiger partial charge is 0.379 e. The number of carbonyl (C=O) groups is 1. The molecule has 1 aliphatic heterocycles. The highest BCUT2D eigenvalue weighted by Gasteiger charge is 2.21. The van der Waals surface area contributed by atoms with Crippen LogP contribution >= 0.6 is 11.3 Å². The standard InChI is InChI=1S/C17H24N4O2S/c1-10(21-5-7-23-8-6-21)9-18-16(22)15-11(2)14-12(3)19-13(4)20-17(14)24-15/h10H,5-9H2,1-4H3,(H,18,22)/t10-/m1/s1. The highest BCUT2D eigenvalue weighted by Crippen LogP contribution is 2.31. The van der Waals surface area contributed by atoms with Crippen molar-refractivity contribution in [1.29, 1.82) is 0 Å². The molecule has 0 aromatic carbocycles. The first-order valence-electron chi connectivity index (χ1n) is 8.31. The van der Waals surface area contributed by atoms with Crippen molar-refractivity contribution in [3.05, 3.63) is 22.0 Å². The maximum atomic E-state index is 12.6. The van der Waals surface area contributed by atoms with Crippen LogP contribution in [0.1, 0.15) is 33.7 Å². The number of hydrogen-bond donors (Lipinski definition) is 1. The summed E-state index contributed by atoms with van der Waals surface area (Å²) in [4.78, 5) is 25.5. The van der Waals surface area contributed by atoms with Crippen LogP contribution in [0.2, 0.25) is 0 Å². The van der Waals surface area contributed by atoms with E-state index in [1.54, 1.807) is 0 Å². The average molecular weight is 348 g/mol. The van der Waals surface area contributed by atoms with Gasteiger partial charge in [0.15, 0.2) is 0 Å². The lowest BCUT2D eigenvalue weighted by molar-refractivity contribution is 0.0204. The molecule has 0 spiro atoms. The van der Waals surface area contributed by atoms with Crippen LogP contribution in [0.25, 0.3) is 10.2 Å². The third-order valence-corrected chi connectivity index (χ3v) is 5.70. The number of aromatic nitrogens is 2. The van der Waals surface area contributed by atoms with Crippen LogP contribution in [0.4, 0.5) is 0 Å². The Labute approximate surface area is 146 Å². The van der Waals surface area contributed by atoms with E-state index in [0.717, 1.165) is 58.5 Å². The molecule has 2 aromatic heterocycles. The van der Waals surface area contributed by atoms with Gasteiger partial charge < -0.3 is 10.1 Å². The number of ether oxygens (including phenoxy) is 1. The lowest BCUT2D eigenvalue weighted by atomic mass is 10.1. The zero-order valence-electron chi connectivity index (χ0n) is 14.7. The summed E-state index contributed by atoms with van der Waals surface area (Å²) < 4.78 is 5.37. The van der Waals surface area contributed by atoms with Crippen molar-refractivity contribution in [1.82, 2.24) is 20.2 Å². The third-order valence-electron chi connectivity index (χ3n) is 4.52. The molecule has 6 nitrogen and oxygen atoms in total. The Bertz CT molecular complexity index is 753. The number of thiophene rings is 1. The van der Waals surface area contributed by atoms with Crippen LogP contribution in [0.3, 0.4) is 0 Å². The fourth-order valence-electron chi connectivity index (χ4n) is 3.16. The van der Waals surface area contributed by atoms with Gasteiger partial charge in [-0.2, -0.15) is 0 Å². The van der Waals surface area contributed by atoms with Gasteiger partial charge in [0.05, 0.1) is 18.1 Å². The van der Waals surface area contributed by atoms with Crippen LogP contribution in [-0.4, -0.2) is 59.7 Å². The van der Waals surface area contributed by atoms with Gasteiger partial charge in [-0.1, -0.05) is 0 Å². The Morgan fingerprint density at radius 3 is 2.71 bits per heavy atom. The van der Waals surface area contributed by atoms with Gasteiger partial charge in [0, 0.05) is 36.8 Å². The minimum atomic E-state index is -0.0207. The molecule has 3 heterocycles. The van der Waals surface area contributed by atoms with E-state index in [4.69, 9.17) is 4.74 Å². The van der Waals surface area contributed by atoms with Crippen molar-refractivity contribution in [3.8, 4) is 0 Å². The third kappa shape index (κ3) is 3.43. The Morgan fingerprint density at radius 2 is 2.00 bits per heavy atom. The number of rotatable bonds is 4. The zero-order valence-corrected chi connectivity index (χ0v) is 15.5. The summed E-state index contributed by atoms with van der Waals surface area (Å²) in [7, 11) is 0. The Kier molecular flexibility index (Phi) is 5.12. The van der Waals surface area contributed by atoms with Gasteiger partial charge in [0.1, 0.15) is 10.7 Å². The van der Waals surface area contributed by atoms with Gasteiger partial charge in [-0.3, -0.25) is 9.69 Å². The maximum Gasteiger partial charge on any atom is 0.261 e. The number of fused-ring (bicyclic) bond motifs is 1. The molecule has 0 saturated carbocycles. The summed E-state index contributed by atoms with van der Waals surface area (Å²) in [6.07, 6.45) is 0. The topological polar surface area (TPSA) is 67.4 Å². The van der Waals surface area contributed by atoms with Crippen molar-refractivity contribution in [3.63, 3.8) is 0 Å². The number of nitrogens with zero attached hydrogens (tertiary/aromatic N) is 3. The van der Waals surface area contributed by atoms with E-state index in [1.807, 2.05) is 20.8 Å².